The van der Waals surface area contributed by atoms with Crippen molar-refractivity contribution in [2.45, 2.75) is 23.9 Å². The fourth-order valence-electron chi connectivity index (χ4n) is 4.43. The average Bonchev–Trinajstić information content (AvgIpc) is 2.98. The number of nitrogens with one attached hydrogen (secondary N) is 1. The van der Waals surface area contributed by atoms with E-state index in [1.54, 1.807) is 18.2 Å². The zero-order valence-corrected chi connectivity index (χ0v) is 24.6. The Morgan fingerprint density at radius 3 is 1.83 bits per heavy atom. The maximum atomic E-state index is 14.2. The first-order valence-corrected chi connectivity index (χ1v) is 15.0. The number of likely N-dealkylation sites (N-methyl/N-ethyl adjacent to an activating group) is 1. The van der Waals surface area contributed by atoms with Crippen LogP contribution in [-0.4, -0.2) is 44.8 Å². The molecule has 0 aromatic heterocycles. The second-order valence-electron chi connectivity index (χ2n) is 9.28. The molecule has 7 nitrogen and oxygen atoms in total. The van der Waals surface area contributed by atoms with Crippen LogP contribution in [-0.2, 0) is 32.6 Å². The van der Waals surface area contributed by atoms with Gasteiger partial charge in [0.15, 0.2) is 0 Å². The highest BCUT2D eigenvalue weighted by molar-refractivity contribution is 7.92. The van der Waals surface area contributed by atoms with E-state index in [0.29, 0.717) is 0 Å². The van der Waals surface area contributed by atoms with Crippen LogP contribution >= 0.6 is 23.2 Å². The van der Waals surface area contributed by atoms with Crippen molar-refractivity contribution in [1.29, 1.82) is 0 Å². The summed E-state index contributed by atoms with van der Waals surface area (Å²) >= 11 is 12.5. The summed E-state index contributed by atoms with van der Waals surface area (Å²) in [6, 6.07) is 29.8. The fourth-order valence-corrected chi connectivity index (χ4v) is 6.37. The van der Waals surface area contributed by atoms with Gasteiger partial charge in [-0.3, -0.25) is 13.9 Å². The van der Waals surface area contributed by atoms with E-state index < -0.39 is 28.5 Å². The predicted molar refractivity (Wildman–Crippen MR) is 162 cm³/mol. The molecule has 4 rings (SSSR count). The second kappa shape index (κ2) is 13.7. The molecule has 0 aliphatic rings. The van der Waals surface area contributed by atoms with Crippen LogP contribution in [0.5, 0.6) is 0 Å². The van der Waals surface area contributed by atoms with E-state index in [1.165, 1.54) is 42.3 Å². The summed E-state index contributed by atoms with van der Waals surface area (Å²) in [5.74, 6) is -0.949. The van der Waals surface area contributed by atoms with Crippen LogP contribution in [0.3, 0.4) is 0 Å². The van der Waals surface area contributed by atoms with Crippen LogP contribution in [0.2, 0.25) is 10.0 Å². The van der Waals surface area contributed by atoms with Crippen LogP contribution in [0.25, 0.3) is 0 Å². The van der Waals surface area contributed by atoms with Gasteiger partial charge in [0.2, 0.25) is 11.8 Å². The molecule has 0 saturated heterocycles. The van der Waals surface area contributed by atoms with Gasteiger partial charge in [0.1, 0.15) is 12.6 Å². The molecule has 4 aromatic carbocycles. The fraction of sp³-hybridized carbons (Fsp3) is 0.161. The maximum Gasteiger partial charge on any atom is 0.264 e. The maximum absolute atomic E-state index is 14.2. The van der Waals surface area contributed by atoms with Crippen molar-refractivity contribution in [1.82, 2.24) is 10.2 Å². The Morgan fingerprint density at radius 1 is 0.780 bits per heavy atom. The molecule has 1 unspecified atom stereocenters. The number of hydrogen-bond acceptors (Lipinski definition) is 4. The average molecular weight is 611 g/mol. The van der Waals surface area contributed by atoms with Gasteiger partial charge in [-0.25, -0.2) is 8.42 Å². The first kappa shape index (κ1) is 30.1. The summed E-state index contributed by atoms with van der Waals surface area (Å²) < 4.78 is 28.8. The van der Waals surface area contributed by atoms with Gasteiger partial charge >= 0.3 is 0 Å². The molecule has 0 aliphatic heterocycles. The lowest BCUT2D eigenvalue weighted by atomic mass is 10.0. The summed E-state index contributed by atoms with van der Waals surface area (Å²) in [5.41, 5.74) is 1.76. The molecule has 0 bridgehead atoms. The monoisotopic (exact) mass is 609 g/mol. The lowest BCUT2D eigenvalue weighted by Gasteiger charge is -2.33. The minimum Gasteiger partial charge on any atom is -0.357 e. The Kier molecular flexibility index (Phi) is 10.0. The quantitative estimate of drug-likeness (QED) is 0.241. The van der Waals surface area contributed by atoms with E-state index in [9.17, 15) is 18.0 Å². The number of anilines is 1. The molecule has 2 amide bonds. The molecule has 0 radical (unpaired) electrons. The molecule has 10 heteroatoms. The van der Waals surface area contributed by atoms with Crippen LogP contribution < -0.4 is 9.62 Å². The third-order valence-corrected chi connectivity index (χ3v) is 8.68. The first-order valence-electron chi connectivity index (χ1n) is 12.8. The van der Waals surface area contributed by atoms with E-state index in [2.05, 4.69) is 5.32 Å². The van der Waals surface area contributed by atoms with Crippen LogP contribution in [0, 0.1) is 0 Å². The highest BCUT2D eigenvalue weighted by Crippen LogP contribution is 2.30. The third kappa shape index (κ3) is 7.67. The number of benzene rings is 4. The minimum absolute atomic E-state index is 0.00866. The number of nitrogens with zero attached hydrogens (tertiary/aromatic N) is 2. The molecule has 0 saturated carbocycles. The molecule has 0 spiro atoms. The Hall–Kier alpha value is -3.85. The van der Waals surface area contributed by atoms with Crippen molar-refractivity contribution in [3.63, 3.8) is 0 Å². The van der Waals surface area contributed by atoms with E-state index >= 15 is 0 Å². The standard InChI is InChI=1S/C31H29Cl2N3O4S/c1-34-31(38)29(17-23-11-5-2-6-12-23)35(21-24-13-7-3-8-14-24)30(37)22-36(27-19-25(32)18-26(33)20-27)41(39,40)28-15-9-4-10-16-28/h2-16,18-20,29H,17,21-22H2,1H3,(H,34,38). The van der Waals surface area contributed by atoms with Crippen molar-refractivity contribution in [3.05, 3.63) is 130 Å². The zero-order chi connectivity index (χ0) is 29.4. The number of sulfonamides is 1. The molecule has 212 valence electrons. The van der Waals surface area contributed by atoms with Crippen molar-refractivity contribution < 1.29 is 18.0 Å². The smallest absolute Gasteiger partial charge is 0.264 e. The number of carbonyl (C=O) groups is 2. The van der Waals surface area contributed by atoms with Crippen LogP contribution in [0.4, 0.5) is 5.69 Å². The Bertz CT molecular complexity index is 1570. The number of carbonyl (C=O) groups excluding carboxylic acids is 2. The number of halogens is 2. The van der Waals surface area contributed by atoms with Crippen molar-refractivity contribution in [2.75, 3.05) is 17.9 Å². The van der Waals surface area contributed by atoms with Gasteiger partial charge in [-0.05, 0) is 41.5 Å². The number of hydrogen-bond donors (Lipinski definition) is 1. The predicted octanol–water partition coefficient (Wildman–Crippen LogP) is 5.57. The van der Waals surface area contributed by atoms with Crippen molar-refractivity contribution in [3.8, 4) is 0 Å². The summed E-state index contributed by atoms with van der Waals surface area (Å²) in [7, 11) is -2.73. The molecule has 1 N–H and O–H groups in total. The van der Waals surface area contributed by atoms with Crippen molar-refractivity contribution in [2.24, 2.45) is 0 Å². The zero-order valence-electron chi connectivity index (χ0n) is 22.3. The first-order chi connectivity index (χ1) is 19.7. The molecule has 4 aromatic rings. The number of amides is 2. The van der Waals surface area contributed by atoms with Crippen LogP contribution in [0.1, 0.15) is 11.1 Å². The van der Waals surface area contributed by atoms with E-state index in [4.69, 9.17) is 23.2 Å². The molecular weight excluding hydrogens is 581 g/mol. The van der Waals surface area contributed by atoms with Gasteiger partial charge < -0.3 is 10.2 Å². The van der Waals surface area contributed by atoms with Gasteiger partial charge in [-0.1, -0.05) is 102 Å². The van der Waals surface area contributed by atoms with Crippen LogP contribution in [0.15, 0.2) is 114 Å². The van der Waals surface area contributed by atoms with Crippen molar-refractivity contribution >= 4 is 50.7 Å². The molecule has 41 heavy (non-hydrogen) atoms. The highest BCUT2D eigenvalue weighted by Gasteiger charge is 2.34. The third-order valence-electron chi connectivity index (χ3n) is 6.46. The Morgan fingerprint density at radius 2 is 1.29 bits per heavy atom. The van der Waals surface area contributed by atoms with Gasteiger partial charge in [-0.2, -0.15) is 0 Å². The largest absolute Gasteiger partial charge is 0.357 e. The molecule has 0 heterocycles. The van der Waals surface area contributed by atoms with Gasteiger partial charge in [0.05, 0.1) is 10.6 Å². The molecule has 1 atom stereocenters. The molecule has 0 fully saturated rings. The summed E-state index contributed by atoms with van der Waals surface area (Å²) in [4.78, 5) is 28.9. The highest BCUT2D eigenvalue weighted by atomic mass is 35.5. The van der Waals surface area contributed by atoms with Gasteiger partial charge in [-0.15, -0.1) is 0 Å². The summed E-state index contributed by atoms with van der Waals surface area (Å²) in [6.45, 7) is -0.511. The topological polar surface area (TPSA) is 86.8 Å². The van der Waals surface area contributed by atoms with Gasteiger partial charge in [0.25, 0.3) is 10.0 Å². The lowest BCUT2D eigenvalue weighted by molar-refractivity contribution is -0.139. The Balaban J connectivity index is 1.79. The van der Waals surface area contributed by atoms with Gasteiger partial charge in [0, 0.05) is 30.1 Å². The van der Waals surface area contributed by atoms with E-state index in [1.807, 2.05) is 60.7 Å². The summed E-state index contributed by atoms with van der Waals surface area (Å²) in [5, 5.41) is 3.08. The second-order valence-corrected chi connectivity index (χ2v) is 12.0. The number of rotatable bonds is 11. The Labute approximate surface area is 250 Å². The molecular formula is C31H29Cl2N3O4S. The SMILES string of the molecule is CNC(=O)C(Cc1ccccc1)N(Cc1ccccc1)C(=O)CN(c1cc(Cl)cc(Cl)c1)S(=O)(=O)c1ccccc1. The lowest BCUT2D eigenvalue weighted by Crippen LogP contribution is -2.53. The molecule has 0 aliphatic carbocycles. The van der Waals surface area contributed by atoms with E-state index in [-0.39, 0.29) is 39.5 Å². The summed E-state index contributed by atoms with van der Waals surface area (Å²) in [6.07, 6.45) is 0.230. The van der Waals surface area contributed by atoms with E-state index in [0.717, 1.165) is 15.4 Å². The normalized spacial score (nSPS) is 11.9. The minimum atomic E-state index is -4.23.